The van der Waals surface area contributed by atoms with Crippen molar-refractivity contribution in [2.24, 2.45) is 5.92 Å². The highest BCUT2D eigenvalue weighted by Gasteiger charge is 2.59. The van der Waals surface area contributed by atoms with Gasteiger partial charge in [0.05, 0.1) is 23.1 Å². The average molecular weight is 944 g/mol. The number of hydrogen-bond donors (Lipinski definition) is 2. The number of H-pyrrole nitrogens is 1. The summed E-state index contributed by atoms with van der Waals surface area (Å²) in [6.45, 7) is 17.1. The molecule has 7 aromatic rings. The van der Waals surface area contributed by atoms with Gasteiger partial charge in [0, 0.05) is 84.4 Å². The lowest BCUT2D eigenvalue weighted by molar-refractivity contribution is 0.0663. The molecule has 10 rings (SSSR count). The molecule has 2 N–H and O–H groups in total. The Balaban J connectivity index is 1.11. The van der Waals surface area contributed by atoms with Crippen LogP contribution in [-0.2, 0) is 21.3 Å². The van der Waals surface area contributed by atoms with Gasteiger partial charge in [-0.2, -0.15) is 5.10 Å². The minimum Gasteiger partial charge on any atom is -0.387 e. The van der Waals surface area contributed by atoms with Gasteiger partial charge in [-0.3, -0.25) is 23.4 Å². The molecular formula is C51H59FN9O6P. The second-order valence-electron chi connectivity index (χ2n) is 19.6. The van der Waals surface area contributed by atoms with Crippen molar-refractivity contribution in [2.45, 2.75) is 110 Å². The van der Waals surface area contributed by atoms with Crippen LogP contribution in [0.15, 0.2) is 81.1 Å². The molecule has 0 bridgehead atoms. The predicted octanol–water partition coefficient (Wildman–Crippen LogP) is 8.48. The van der Waals surface area contributed by atoms with Gasteiger partial charge in [0.2, 0.25) is 0 Å². The lowest BCUT2D eigenvalue weighted by Gasteiger charge is -2.34. The molecular weight excluding hydrogens is 885 g/mol. The zero-order valence-electron chi connectivity index (χ0n) is 40.1. The Bertz CT molecular complexity index is 3280. The molecule has 2 fully saturated rings. The van der Waals surface area contributed by atoms with Crippen LogP contribution >= 0.6 is 7.14 Å². The Labute approximate surface area is 393 Å². The zero-order valence-corrected chi connectivity index (χ0v) is 41.0. The summed E-state index contributed by atoms with van der Waals surface area (Å²) in [6, 6.07) is 16.7. The number of benzene rings is 3. The Morgan fingerprint density at radius 3 is 2.26 bits per heavy atom. The van der Waals surface area contributed by atoms with Crippen molar-refractivity contribution in [3.8, 4) is 17.2 Å². The average Bonchev–Trinajstić information content (AvgIpc) is 3.82. The molecule has 0 radical (unpaired) electrons. The smallest absolute Gasteiger partial charge is 0.387 e. The molecule has 68 heavy (non-hydrogen) atoms. The van der Waals surface area contributed by atoms with Gasteiger partial charge in [0.15, 0.2) is 5.82 Å². The number of amides is 1. The quantitative estimate of drug-likeness (QED) is 0.121. The van der Waals surface area contributed by atoms with Crippen LogP contribution in [0.4, 0.5) is 10.1 Å². The van der Waals surface area contributed by atoms with Gasteiger partial charge < -0.3 is 24.1 Å². The number of ether oxygens (including phenoxy) is 1. The third kappa shape index (κ3) is 6.99. The van der Waals surface area contributed by atoms with Crippen molar-refractivity contribution >= 4 is 34.9 Å². The van der Waals surface area contributed by atoms with E-state index in [0.29, 0.717) is 95.3 Å². The minimum atomic E-state index is -2.83. The van der Waals surface area contributed by atoms with Gasteiger partial charge in [-0.05, 0) is 117 Å². The monoisotopic (exact) mass is 943 g/mol. The number of aromatic nitrogens is 7. The van der Waals surface area contributed by atoms with E-state index in [1.165, 1.54) is 5.56 Å². The molecule has 15 nitrogen and oxygen atoms in total. The summed E-state index contributed by atoms with van der Waals surface area (Å²) in [5.74, 6) is -0.0644. The number of carbonyl (C=O) groups is 1. The SMILES string of the molecule is CNc1cc(-n2ccn(-c3c4c(nn3-c3cc(C)c(F)c(C)c3)CCN(C(=O)c3cc5cc(C6CCOCC6)ccc5n3C3(c5noc(=O)[nH]5)CC3C)C4C)c2=O)ccc1P(=O)(C(C)C)C(C)C. The summed E-state index contributed by atoms with van der Waals surface area (Å²) in [5.41, 5.74) is 5.16. The fourth-order valence-electron chi connectivity index (χ4n) is 11.3. The van der Waals surface area contributed by atoms with E-state index >= 15 is 9.18 Å². The molecule has 3 aromatic carbocycles. The predicted molar refractivity (Wildman–Crippen MR) is 261 cm³/mol. The Kier molecular flexibility index (Phi) is 11.2. The van der Waals surface area contributed by atoms with Gasteiger partial charge >= 0.3 is 11.4 Å². The number of anilines is 1. The van der Waals surface area contributed by atoms with Crippen LogP contribution in [0, 0.1) is 25.6 Å². The summed E-state index contributed by atoms with van der Waals surface area (Å²) in [4.78, 5) is 47.6. The Morgan fingerprint density at radius 2 is 1.63 bits per heavy atom. The normalized spacial score (nSPS) is 19.9. The van der Waals surface area contributed by atoms with Crippen molar-refractivity contribution in [1.29, 1.82) is 0 Å². The van der Waals surface area contributed by atoms with E-state index in [1.807, 2.05) is 68.4 Å². The second-order valence-corrected chi connectivity index (χ2v) is 23.6. The fraction of sp³-hybridized carbons (Fsp3) is 0.431. The molecule has 1 aliphatic carbocycles. The lowest BCUT2D eigenvalue weighted by Crippen LogP contribution is -2.41. The maximum absolute atomic E-state index is 15.6. The van der Waals surface area contributed by atoms with E-state index < -0.39 is 30.2 Å². The summed E-state index contributed by atoms with van der Waals surface area (Å²) < 4.78 is 47.3. The first kappa shape index (κ1) is 45.5. The van der Waals surface area contributed by atoms with Crippen molar-refractivity contribution in [3.63, 3.8) is 0 Å². The summed E-state index contributed by atoms with van der Waals surface area (Å²) in [6.07, 6.45) is 6.22. The van der Waals surface area contributed by atoms with Gasteiger partial charge in [-0.25, -0.2) is 18.7 Å². The van der Waals surface area contributed by atoms with E-state index in [2.05, 4.69) is 40.6 Å². The van der Waals surface area contributed by atoms with E-state index in [4.69, 9.17) is 14.4 Å². The lowest BCUT2D eigenvalue weighted by atomic mass is 9.91. The first-order valence-corrected chi connectivity index (χ1v) is 25.6. The van der Waals surface area contributed by atoms with Crippen LogP contribution in [0.25, 0.3) is 28.1 Å². The number of halogens is 1. The third-order valence-electron chi connectivity index (χ3n) is 15.1. The molecule has 6 heterocycles. The summed E-state index contributed by atoms with van der Waals surface area (Å²) in [5, 5.41) is 14.2. The second kappa shape index (κ2) is 16.8. The molecule has 2 aliphatic heterocycles. The molecule has 3 atom stereocenters. The van der Waals surface area contributed by atoms with Gasteiger partial charge in [0.1, 0.15) is 30.0 Å². The summed E-state index contributed by atoms with van der Waals surface area (Å²) in [7, 11) is -1.04. The van der Waals surface area contributed by atoms with Crippen molar-refractivity contribution in [1.82, 2.24) is 38.5 Å². The highest BCUT2D eigenvalue weighted by molar-refractivity contribution is 7.73. The fourth-order valence-corrected chi connectivity index (χ4v) is 14.4. The molecule has 356 valence electrons. The van der Waals surface area contributed by atoms with E-state index in [1.54, 1.807) is 59.2 Å². The van der Waals surface area contributed by atoms with Crippen LogP contribution in [0.1, 0.15) is 117 Å². The Hall–Kier alpha value is -6.25. The molecule has 1 saturated carbocycles. The first-order valence-electron chi connectivity index (χ1n) is 23.7. The van der Waals surface area contributed by atoms with Crippen molar-refractivity contribution in [2.75, 3.05) is 32.1 Å². The van der Waals surface area contributed by atoms with E-state index in [-0.39, 0.29) is 29.0 Å². The number of imidazole rings is 1. The number of aromatic amines is 1. The van der Waals surface area contributed by atoms with Gasteiger partial charge in [-0.15, -0.1) is 0 Å². The molecule has 4 aromatic heterocycles. The van der Waals surface area contributed by atoms with E-state index in [0.717, 1.165) is 29.0 Å². The largest absolute Gasteiger partial charge is 0.438 e. The zero-order chi connectivity index (χ0) is 48.1. The van der Waals surface area contributed by atoms with Gasteiger partial charge in [-0.1, -0.05) is 45.8 Å². The number of nitrogens with one attached hydrogen (secondary N) is 2. The number of rotatable bonds is 11. The molecule has 3 aliphatic rings. The molecule has 17 heteroatoms. The van der Waals surface area contributed by atoms with Crippen LogP contribution < -0.4 is 22.1 Å². The Morgan fingerprint density at radius 1 is 0.941 bits per heavy atom. The third-order valence-corrected chi connectivity index (χ3v) is 19.3. The molecule has 1 amide bonds. The molecule has 3 unspecified atom stereocenters. The maximum atomic E-state index is 15.6. The highest BCUT2D eigenvalue weighted by Crippen LogP contribution is 2.57. The topological polar surface area (TPSA) is 167 Å². The van der Waals surface area contributed by atoms with Crippen LogP contribution in [0.5, 0.6) is 0 Å². The number of hydrogen-bond acceptors (Lipinski definition) is 9. The standard InChI is InChI=1S/C51H59FN9O6P/c1-28(2)68(65,29(3)4)43-13-11-37(26-40(43)53-9)58-18-19-59(50(58)64)46-44-33(8)57(17-14-39(44)55-61(46)38-22-30(5)45(52)31(6)23-38)47(62)42-25-36-24-35(34-15-20-66-21-16-34)10-12-41(36)60(42)51(27-32(51)7)48-54-49(63)67-56-48/h10-13,18-19,22-26,28-29,32-34,53H,14-17,20-21,27H2,1-9H3,(H,54,56,63). The molecule has 0 spiro atoms. The van der Waals surface area contributed by atoms with E-state index in [9.17, 15) is 14.2 Å². The number of carbonyl (C=O) groups excluding carboxylic acids is 1. The first-order chi connectivity index (χ1) is 32.5. The van der Waals surface area contributed by atoms with Crippen LogP contribution in [-0.4, -0.2) is 82.6 Å². The number of aryl methyl sites for hydroxylation is 2. The van der Waals surface area contributed by atoms with Crippen LogP contribution in [0.2, 0.25) is 0 Å². The number of nitrogens with zero attached hydrogens (tertiary/aromatic N) is 7. The highest BCUT2D eigenvalue weighted by atomic mass is 31.2. The molecule has 1 saturated heterocycles. The number of fused-ring (bicyclic) bond motifs is 2. The van der Waals surface area contributed by atoms with Gasteiger partial charge in [0.25, 0.3) is 5.91 Å². The minimum absolute atomic E-state index is 0.0182. The van der Waals surface area contributed by atoms with Crippen molar-refractivity contribution < 1.29 is 23.0 Å². The summed E-state index contributed by atoms with van der Waals surface area (Å²) >= 11 is 0. The van der Waals surface area contributed by atoms with Crippen LogP contribution in [0.3, 0.4) is 0 Å². The van der Waals surface area contributed by atoms with Crippen molar-refractivity contribution in [3.05, 3.63) is 133 Å². The maximum Gasteiger partial charge on any atom is 0.438 e.